The molecule has 0 aromatic heterocycles. The first-order valence-corrected chi connectivity index (χ1v) is 11.3. The fraction of sp³-hybridized carbons (Fsp3) is 0.542. The molecule has 0 bridgehead atoms. The normalized spacial score (nSPS) is 32.9. The van der Waals surface area contributed by atoms with Gasteiger partial charge in [0.1, 0.15) is 5.75 Å². The summed E-state index contributed by atoms with van der Waals surface area (Å²) in [7, 11) is 3.10. The summed E-state index contributed by atoms with van der Waals surface area (Å²) in [6.45, 7) is 1.89. The van der Waals surface area contributed by atoms with Gasteiger partial charge < -0.3 is 21.7 Å². The van der Waals surface area contributed by atoms with Gasteiger partial charge in [0.05, 0.1) is 17.5 Å². The van der Waals surface area contributed by atoms with Gasteiger partial charge in [-0.25, -0.2) is 0 Å². The van der Waals surface area contributed by atoms with Gasteiger partial charge in [0.15, 0.2) is 34.7 Å². The molecule has 1 aromatic rings. The van der Waals surface area contributed by atoms with E-state index < -0.39 is 64.4 Å². The van der Waals surface area contributed by atoms with Crippen LogP contribution < -0.4 is 11.5 Å². The average molecular weight is 472 g/mol. The van der Waals surface area contributed by atoms with Crippen LogP contribution in [0, 0.1) is 23.7 Å². The molecule has 0 spiro atoms. The Morgan fingerprint density at radius 3 is 2.35 bits per heavy atom. The summed E-state index contributed by atoms with van der Waals surface area (Å²) in [6.07, 6.45) is 0.860. The van der Waals surface area contributed by atoms with Crippen LogP contribution in [0.3, 0.4) is 0 Å². The summed E-state index contributed by atoms with van der Waals surface area (Å²) in [6, 6.07) is 0.636. The Labute approximate surface area is 196 Å². The lowest BCUT2D eigenvalue weighted by Crippen LogP contribution is -2.74. The molecule has 0 saturated heterocycles. The van der Waals surface area contributed by atoms with Crippen LogP contribution in [0.4, 0.5) is 0 Å². The maximum atomic E-state index is 13.7. The molecule has 2 saturated carbocycles. The van der Waals surface area contributed by atoms with Crippen LogP contribution in [0.1, 0.15) is 40.4 Å². The van der Waals surface area contributed by atoms with Crippen molar-refractivity contribution in [1.82, 2.24) is 4.90 Å². The zero-order valence-corrected chi connectivity index (χ0v) is 19.3. The average Bonchev–Trinajstić information content (AvgIpc) is 2.76. The van der Waals surface area contributed by atoms with Gasteiger partial charge in [-0.3, -0.25) is 28.9 Å². The number of fused-ring (bicyclic) bond motifs is 3. The Hall–Kier alpha value is -2.95. The number of phenols is 1. The summed E-state index contributed by atoms with van der Waals surface area (Å²) in [5.74, 6) is -10.4. The van der Waals surface area contributed by atoms with Crippen molar-refractivity contribution >= 4 is 29.0 Å². The fourth-order valence-corrected chi connectivity index (χ4v) is 6.28. The van der Waals surface area contributed by atoms with Crippen LogP contribution in [-0.2, 0) is 38.6 Å². The number of carbonyl (C=O) groups is 5. The molecule has 10 heteroatoms. The minimum Gasteiger partial charge on any atom is -0.507 e. The van der Waals surface area contributed by atoms with E-state index in [1.54, 1.807) is 20.2 Å². The van der Waals surface area contributed by atoms with Crippen LogP contribution in [0.25, 0.3) is 0 Å². The lowest BCUT2D eigenvalue weighted by molar-refractivity contribution is -0.181. The zero-order valence-electron chi connectivity index (χ0n) is 19.3. The number of aliphatic hydroxyl groups is 1. The minimum atomic E-state index is -2.72. The van der Waals surface area contributed by atoms with Gasteiger partial charge in [0, 0.05) is 18.0 Å². The Bertz CT molecular complexity index is 1140. The highest BCUT2D eigenvalue weighted by Crippen LogP contribution is 2.51. The van der Waals surface area contributed by atoms with E-state index in [9.17, 15) is 34.2 Å². The van der Waals surface area contributed by atoms with Crippen molar-refractivity contribution in [2.75, 3.05) is 14.1 Å². The van der Waals surface area contributed by atoms with Gasteiger partial charge >= 0.3 is 0 Å². The molecule has 1 amide bonds. The molecular weight excluding hydrogens is 442 g/mol. The lowest BCUT2D eigenvalue weighted by Gasteiger charge is -2.52. The van der Waals surface area contributed by atoms with Crippen LogP contribution in [0.15, 0.2) is 6.07 Å². The molecule has 3 unspecified atom stereocenters. The molecular formula is C24H29N3O7. The van der Waals surface area contributed by atoms with Crippen molar-refractivity contribution in [1.29, 1.82) is 0 Å². The number of hydrogen-bond donors (Lipinski definition) is 4. The summed E-state index contributed by atoms with van der Waals surface area (Å²) in [4.78, 5) is 67.1. The molecule has 1 aromatic carbocycles. The predicted octanol–water partition coefficient (Wildman–Crippen LogP) is -1.11. The van der Waals surface area contributed by atoms with Crippen LogP contribution in [-0.4, -0.2) is 69.9 Å². The summed E-state index contributed by atoms with van der Waals surface area (Å²) in [5.41, 5.74) is 10.1. The Kier molecular flexibility index (Phi) is 5.74. The molecule has 6 N–H and O–H groups in total. The Morgan fingerprint density at radius 1 is 1.18 bits per heavy atom. The molecule has 3 aliphatic rings. The summed E-state index contributed by atoms with van der Waals surface area (Å²) < 4.78 is 0. The van der Waals surface area contributed by atoms with Gasteiger partial charge in [-0.1, -0.05) is 13.0 Å². The minimum absolute atomic E-state index is 0.00797. The SMILES string of the molecule is CCc1cc(CN)c(O)c2c1C[C@H]1C[C@H]3C(N(C)C)C(=O)C(C(N)=O)C(=O)[C@@]3(O)C(=O)C1C2=O. The number of hydrogen-bond acceptors (Lipinski definition) is 9. The highest BCUT2D eigenvalue weighted by atomic mass is 16.3. The topological polar surface area (TPSA) is 181 Å². The number of phenolic OH excluding ortho intramolecular Hbond substituents is 1. The third-order valence-electron chi connectivity index (χ3n) is 7.83. The number of ketones is 4. The molecule has 0 aliphatic heterocycles. The fourth-order valence-electron chi connectivity index (χ4n) is 6.28. The standard InChI is InChI=1S/C24H29N3O7/c1-4-9-5-11(8-25)18(28)15-12(9)6-10-7-13-17(27(2)3)20(30)16(23(26)33)22(32)24(13,34)21(31)14(10)19(15)29/h5,10,13-14,16-17,28,34H,4,6-8,25H2,1-3H3,(H2,26,33)/t10-,13-,14?,16?,17?,24-/m0/s1. The third kappa shape index (κ3) is 3.02. The van der Waals surface area contributed by atoms with E-state index >= 15 is 0 Å². The monoisotopic (exact) mass is 471 g/mol. The third-order valence-corrected chi connectivity index (χ3v) is 7.83. The maximum absolute atomic E-state index is 13.7. The first-order chi connectivity index (χ1) is 15.9. The molecule has 0 radical (unpaired) electrons. The van der Waals surface area contributed by atoms with E-state index in [0.717, 1.165) is 5.56 Å². The van der Waals surface area contributed by atoms with Gasteiger partial charge in [-0.2, -0.15) is 0 Å². The first kappa shape index (κ1) is 24.2. The second-order valence-electron chi connectivity index (χ2n) is 9.74. The molecule has 10 nitrogen and oxygen atoms in total. The molecule has 0 heterocycles. The molecule has 4 rings (SSSR count). The quantitative estimate of drug-likeness (QED) is 0.396. The van der Waals surface area contributed by atoms with E-state index in [4.69, 9.17) is 11.5 Å². The summed E-state index contributed by atoms with van der Waals surface area (Å²) in [5, 5.41) is 22.3. The number of Topliss-reactive ketones (excluding diaryl/α,β-unsaturated/α-hetero) is 4. The Morgan fingerprint density at radius 2 is 1.82 bits per heavy atom. The maximum Gasteiger partial charge on any atom is 0.235 e. The van der Waals surface area contributed by atoms with Crippen molar-refractivity contribution < 1.29 is 34.2 Å². The van der Waals surface area contributed by atoms with E-state index in [0.29, 0.717) is 17.5 Å². The van der Waals surface area contributed by atoms with Crippen molar-refractivity contribution in [2.24, 2.45) is 35.1 Å². The summed E-state index contributed by atoms with van der Waals surface area (Å²) >= 11 is 0. The first-order valence-electron chi connectivity index (χ1n) is 11.3. The highest BCUT2D eigenvalue weighted by molar-refractivity contribution is 6.32. The number of aryl methyl sites for hydroxylation is 1. The van der Waals surface area contributed by atoms with E-state index in [2.05, 4.69) is 0 Å². The van der Waals surface area contributed by atoms with Crippen LogP contribution >= 0.6 is 0 Å². The number of carbonyl (C=O) groups excluding carboxylic acids is 5. The second kappa shape index (κ2) is 8.07. The number of amides is 1. The predicted molar refractivity (Wildman–Crippen MR) is 119 cm³/mol. The number of likely N-dealkylation sites (N-methyl/N-ethyl adjacent to an activating group) is 1. The van der Waals surface area contributed by atoms with Crippen molar-refractivity contribution in [3.63, 3.8) is 0 Å². The van der Waals surface area contributed by atoms with E-state index in [1.807, 2.05) is 6.92 Å². The van der Waals surface area contributed by atoms with Gasteiger partial charge in [0.25, 0.3) is 0 Å². The number of primary amides is 1. The van der Waals surface area contributed by atoms with Gasteiger partial charge in [-0.15, -0.1) is 0 Å². The number of rotatable bonds is 4. The number of benzene rings is 1. The highest BCUT2D eigenvalue weighted by Gasteiger charge is 2.69. The van der Waals surface area contributed by atoms with E-state index in [-0.39, 0.29) is 30.7 Å². The smallest absolute Gasteiger partial charge is 0.235 e. The number of nitrogens with two attached hydrogens (primary N) is 2. The van der Waals surface area contributed by atoms with Gasteiger partial charge in [0.2, 0.25) is 5.91 Å². The molecule has 6 atom stereocenters. The second-order valence-corrected chi connectivity index (χ2v) is 9.74. The largest absolute Gasteiger partial charge is 0.507 e. The van der Waals surface area contributed by atoms with Crippen LogP contribution in [0.5, 0.6) is 5.75 Å². The zero-order chi connectivity index (χ0) is 25.3. The van der Waals surface area contributed by atoms with Crippen molar-refractivity contribution in [3.05, 3.63) is 28.3 Å². The molecule has 2 fully saturated rings. The van der Waals surface area contributed by atoms with Gasteiger partial charge in [-0.05, 0) is 50.4 Å². The lowest BCUT2D eigenvalue weighted by atomic mass is 9.52. The number of aromatic hydroxyl groups is 1. The van der Waals surface area contributed by atoms with Crippen LogP contribution in [0.2, 0.25) is 0 Å². The van der Waals surface area contributed by atoms with Crippen molar-refractivity contribution in [2.45, 2.75) is 44.4 Å². The van der Waals surface area contributed by atoms with Crippen molar-refractivity contribution in [3.8, 4) is 5.75 Å². The Balaban J connectivity index is 1.90. The molecule has 34 heavy (non-hydrogen) atoms. The molecule has 3 aliphatic carbocycles. The van der Waals surface area contributed by atoms with E-state index in [1.165, 1.54) is 4.90 Å². The number of nitrogens with zero attached hydrogens (tertiary/aromatic N) is 1. The molecule has 182 valence electrons.